The molecule has 192 valence electrons. The van der Waals surface area contributed by atoms with Gasteiger partial charge < -0.3 is 24.4 Å². The van der Waals surface area contributed by atoms with E-state index in [4.69, 9.17) is 18.4 Å². The summed E-state index contributed by atoms with van der Waals surface area (Å²) in [5, 5.41) is 21.4. The van der Waals surface area contributed by atoms with E-state index in [1.165, 1.54) is 12.1 Å². The lowest BCUT2D eigenvalue weighted by Crippen LogP contribution is -2.49. The standard InChI is InChI=1S/C27H30O8S/c1-20-12-14-23(15-13-20)36(30,31)34-19-27(29)26(33-18-22-10-6-3-7-11-22)25(24(16-28)35-27)32-17-21-8-4-2-5-9-21/h2-15,24-26,28-29H,16-19H2,1H3/t24-,25-,26+,27+/m1/s1. The largest absolute Gasteiger partial charge is 0.394 e. The van der Waals surface area contributed by atoms with Gasteiger partial charge in [0.25, 0.3) is 10.1 Å². The number of aliphatic hydroxyl groups is 2. The van der Waals surface area contributed by atoms with Gasteiger partial charge in [0, 0.05) is 0 Å². The molecule has 9 heteroatoms. The quantitative estimate of drug-likeness (QED) is 0.376. The van der Waals surface area contributed by atoms with E-state index in [1.807, 2.05) is 67.6 Å². The van der Waals surface area contributed by atoms with Crippen LogP contribution in [0.4, 0.5) is 0 Å². The fourth-order valence-corrected chi connectivity index (χ4v) is 4.92. The maximum atomic E-state index is 12.8. The van der Waals surface area contributed by atoms with Gasteiger partial charge in [-0.2, -0.15) is 8.42 Å². The highest BCUT2D eigenvalue weighted by atomic mass is 32.2. The molecule has 0 spiro atoms. The zero-order valence-corrected chi connectivity index (χ0v) is 20.7. The molecule has 0 bridgehead atoms. The van der Waals surface area contributed by atoms with Crippen molar-refractivity contribution in [3.63, 3.8) is 0 Å². The van der Waals surface area contributed by atoms with Crippen molar-refractivity contribution in [3.8, 4) is 0 Å². The fraction of sp³-hybridized carbons (Fsp3) is 0.333. The van der Waals surface area contributed by atoms with E-state index in [2.05, 4.69) is 0 Å². The molecule has 36 heavy (non-hydrogen) atoms. The maximum Gasteiger partial charge on any atom is 0.297 e. The van der Waals surface area contributed by atoms with E-state index in [0.717, 1.165) is 16.7 Å². The van der Waals surface area contributed by atoms with Crippen LogP contribution >= 0.6 is 0 Å². The molecule has 1 heterocycles. The van der Waals surface area contributed by atoms with Crippen LogP contribution in [-0.2, 0) is 41.7 Å². The molecule has 3 aromatic rings. The first-order valence-corrected chi connectivity index (χ1v) is 13.0. The highest BCUT2D eigenvalue weighted by Gasteiger charge is 2.56. The van der Waals surface area contributed by atoms with E-state index >= 15 is 0 Å². The topological polar surface area (TPSA) is 112 Å². The fourth-order valence-electron chi connectivity index (χ4n) is 3.99. The smallest absolute Gasteiger partial charge is 0.297 e. The van der Waals surface area contributed by atoms with Gasteiger partial charge in [0.15, 0.2) is 0 Å². The lowest BCUT2D eigenvalue weighted by atomic mass is 10.0. The summed E-state index contributed by atoms with van der Waals surface area (Å²) in [6, 6.07) is 24.8. The van der Waals surface area contributed by atoms with Crippen molar-refractivity contribution in [1.82, 2.24) is 0 Å². The normalized spacial score (nSPS) is 24.1. The van der Waals surface area contributed by atoms with Gasteiger partial charge in [-0.15, -0.1) is 0 Å². The molecule has 8 nitrogen and oxygen atoms in total. The Labute approximate surface area is 211 Å². The molecule has 4 atom stereocenters. The van der Waals surface area contributed by atoms with E-state index in [9.17, 15) is 18.6 Å². The van der Waals surface area contributed by atoms with Crippen LogP contribution < -0.4 is 0 Å². The predicted molar refractivity (Wildman–Crippen MR) is 131 cm³/mol. The lowest BCUT2D eigenvalue weighted by Gasteiger charge is -2.30. The lowest BCUT2D eigenvalue weighted by molar-refractivity contribution is -0.254. The highest BCUT2D eigenvalue weighted by Crippen LogP contribution is 2.36. The number of aryl methyl sites for hydroxylation is 1. The van der Waals surface area contributed by atoms with Crippen molar-refractivity contribution in [2.75, 3.05) is 13.2 Å². The van der Waals surface area contributed by atoms with Crippen molar-refractivity contribution in [3.05, 3.63) is 102 Å². The van der Waals surface area contributed by atoms with Gasteiger partial charge in [-0.05, 0) is 30.2 Å². The van der Waals surface area contributed by atoms with Crippen molar-refractivity contribution in [1.29, 1.82) is 0 Å². The average Bonchev–Trinajstić information content (AvgIpc) is 3.17. The molecule has 1 fully saturated rings. The maximum absolute atomic E-state index is 12.8. The molecule has 3 aromatic carbocycles. The minimum Gasteiger partial charge on any atom is -0.394 e. The van der Waals surface area contributed by atoms with Crippen LogP contribution in [0.25, 0.3) is 0 Å². The summed E-state index contributed by atoms with van der Waals surface area (Å²) in [6.07, 6.45) is -3.01. The Kier molecular flexibility index (Phi) is 8.53. The first kappa shape index (κ1) is 26.4. The van der Waals surface area contributed by atoms with Crippen LogP contribution in [0.1, 0.15) is 16.7 Å². The Morgan fingerprint density at radius 3 is 1.97 bits per heavy atom. The van der Waals surface area contributed by atoms with Crippen LogP contribution in [0, 0.1) is 6.92 Å². The van der Waals surface area contributed by atoms with Crippen molar-refractivity contribution in [2.24, 2.45) is 0 Å². The summed E-state index contributed by atoms with van der Waals surface area (Å²) in [6.45, 7) is 0.897. The summed E-state index contributed by atoms with van der Waals surface area (Å²) in [5.41, 5.74) is 2.61. The number of hydrogen-bond donors (Lipinski definition) is 2. The molecule has 1 aliphatic heterocycles. The van der Waals surface area contributed by atoms with Gasteiger partial charge in [-0.1, -0.05) is 78.4 Å². The molecule has 4 rings (SSSR count). The van der Waals surface area contributed by atoms with Crippen molar-refractivity contribution >= 4 is 10.1 Å². The third-order valence-corrected chi connectivity index (χ3v) is 7.21. The summed E-state index contributed by atoms with van der Waals surface area (Å²) >= 11 is 0. The van der Waals surface area contributed by atoms with E-state index < -0.39 is 47.4 Å². The second-order valence-electron chi connectivity index (χ2n) is 8.69. The van der Waals surface area contributed by atoms with Gasteiger partial charge in [-0.25, -0.2) is 0 Å². The van der Waals surface area contributed by atoms with Crippen LogP contribution in [0.3, 0.4) is 0 Å². The van der Waals surface area contributed by atoms with Gasteiger partial charge in [0.1, 0.15) is 24.9 Å². The highest BCUT2D eigenvalue weighted by molar-refractivity contribution is 7.86. The van der Waals surface area contributed by atoms with E-state index in [1.54, 1.807) is 12.1 Å². The van der Waals surface area contributed by atoms with Gasteiger partial charge >= 0.3 is 0 Å². The Morgan fingerprint density at radius 1 is 0.861 bits per heavy atom. The van der Waals surface area contributed by atoms with Crippen molar-refractivity contribution in [2.45, 2.75) is 49.1 Å². The Bertz CT molecular complexity index is 1200. The van der Waals surface area contributed by atoms with Crippen molar-refractivity contribution < 1.29 is 37.0 Å². The van der Waals surface area contributed by atoms with Gasteiger partial charge in [-0.3, -0.25) is 4.18 Å². The molecular weight excluding hydrogens is 484 g/mol. The first-order valence-electron chi connectivity index (χ1n) is 11.6. The van der Waals surface area contributed by atoms with Gasteiger partial charge in [0.05, 0.1) is 24.7 Å². The average molecular weight is 515 g/mol. The number of benzene rings is 3. The Morgan fingerprint density at radius 2 is 1.42 bits per heavy atom. The minimum absolute atomic E-state index is 0.0490. The number of rotatable bonds is 11. The number of hydrogen-bond acceptors (Lipinski definition) is 8. The molecule has 2 N–H and O–H groups in total. The van der Waals surface area contributed by atoms with E-state index in [0.29, 0.717) is 0 Å². The van der Waals surface area contributed by atoms with Crippen LogP contribution in [0.2, 0.25) is 0 Å². The summed E-state index contributed by atoms with van der Waals surface area (Å²) in [7, 11) is -4.19. The molecular formula is C27H30O8S. The second-order valence-corrected chi connectivity index (χ2v) is 10.3. The summed E-state index contributed by atoms with van der Waals surface area (Å²) in [5.74, 6) is -2.19. The zero-order chi connectivity index (χ0) is 25.6. The Balaban J connectivity index is 1.55. The number of aliphatic hydroxyl groups excluding tert-OH is 1. The van der Waals surface area contributed by atoms with E-state index in [-0.39, 0.29) is 18.1 Å². The van der Waals surface area contributed by atoms with Gasteiger partial charge in [0.2, 0.25) is 5.79 Å². The monoisotopic (exact) mass is 514 g/mol. The molecule has 0 aromatic heterocycles. The predicted octanol–water partition coefficient (Wildman–Crippen LogP) is 2.95. The summed E-state index contributed by atoms with van der Waals surface area (Å²) < 4.78 is 48.5. The third kappa shape index (κ3) is 6.37. The molecule has 1 aliphatic rings. The molecule has 0 radical (unpaired) electrons. The zero-order valence-electron chi connectivity index (χ0n) is 19.9. The van der Waals surface area contributed by atoms with Crippen LogP contribution in [0.5, 0.6) is 0 Å². The summed E-state index contributed by atoms with van der Waals surface area (Å²) in [4.78, 5) is -0.0490. The molecule has 0 unspecified atom stereocenters. The molecule has 1 saturated heterocycles. The second kappa shape index (κ2) is 11.6. The minimum atomic E-state index is -4.19. The molecule has 0 amide bonds. The Hall–Kier alpha value is -2.63. The SMILES string of the molecule is Cc1ccc(S(=O)(=O)OC[C@]2(O)O[C@H](CO)[C@@H](OCc3ccccc3)[C@@H]2OCc2ccccc2)cc1. The molecule has 0 aliphatic carbocycles. The first-order chi connectivity index (χ1) is 17.3. The van der Waals surface area contributed by atoms with Crippen LogP contribution in [0.15, 0.2) is 89.8 Å². The van der Waals surface area contributed by atoms with Crippen LogP contribution in [-0.4, -0.2) is 55.9 Å². The molecule has 0 saturated carbocycles. The third-order valence-electron chi connectivity index (χ3n) is 5.93. The number of ether oxygens (including phenoxy) is 3.